The van der Waals surface area contributed by atoms with Crippen molar-refractivity contribution < 1.29 is 18.7 Å². The fourth-order valence-electron chi connectivity index (χ4n) is 3.22. The number of carbonyl (C=O) groups excluding carboxylic acids is 2. The molecule has 0 aliphatic rings. The second kappa shape index (κ2) is 22.1. The molecular formula is C33H52FN5O3. The Balaban J connectivity index is 0.00000118. The van der Waals surface area contributed by atoms with Gasteiger partial charge < -0.3 is 30.4 Å². The van der Waals surface area contributed by atoms with Gasteiger partial charge in [-0.1, -0.05) is 33.3 Å². The van der Waals surface area contributed by atoms with Crippen LogP contribution in [0.15, 0.2) is 48.0 Å². The second-order valence-corrected chi connectivity index (χ2v) is 10.1. The maximum absolute atomic E-state index is 14.8. The lowest BCUT2D eigenvalue weighted by Crippen LogP contribution is -2.32. The van der Waals surface area contributed by atoms with Gasteiger partial charge in [0, 0.05) is 54.0 Å². The molecule has 0 heterocycles. The van der Waals surface area contributed by atoms with Gasteiger partial charge in [-0.25, -0.2) is 4.39 Å². The number of unbranched alkanes of at least 4 members (excludes halogenated alkanes) is 1. The molecule has 0 saturated heterocycles. The molecule has 0 unspecified atom stereocenters. The second-order valence-electron chi connectivity index (χ2n) is 10.1. The first-order chi connectivity index (χ1) is 19.9. The van der Waals surface area contributed by atoms with Crippen molar-refractivity contribution in [2.45, 2.75) is 79.8 Å². The van der Waals surface area contributed by atoms with Gasteiger partial charge in [0.2, 0.25) is 5.91 Å². The van der Waals surface area contributed by atoms with Gasteiger partial charge in [-0.2, -0.15) is 0 Å². The zero-order valence-electron chi connectivity index (χ0n) is 27.0. The lowest BCUT2D eigenvalue weighted by molar-refractivity contribution is -0.119. The summed E-state index contributed by atoms with van der Waals surface area (Å²) in [5.41, 5.74) is 2.15. The summed E-state index contributed by atoms with van der Waals surface area (Å²) >= 11 is 0. The summed E-state index contributed by atoms with van der Waals surface area (Å²) in [5, 5.41) is 8.61. The third kappa shape index (κ3) is 15.4. The Kier molecular flexibility index (Phi) is 20.2. The van der Waals surface area contributed by atoms with Crippen LogP contribution in [-0.2, 0) is 9.59 Å². The molecule has 8 nitrogen and oxygen atoms in total. The van der Waals surface area contributed by atoms with E-state index in [2.05, 4.69) is 81.0 Å². The van der Waals surface area contributed by atoms with Gasteiger partial charge in [-0.05, 0) is 73.0 Å². The van der Waals surface area contributed by atoms with E-state index in [-0.39, 0.29) is 12.0 Å². The minimum absolute atomic E-state index is 0.203. The fraction of sp³-hybridized carbons (Fsp3) is 0.485. The lowest BCUT2D eigenvalue weighted by Gasteiger charge is -2.24. The number of rotatable bonds is 14. The van der Waals surface area contributed by atoms with Crippen molar-refractivity contribution in [3.63, 3.8) is 0 Å². The molecule has 0 bridgehead atoms. The molecule has 2 rings (SSSR count). The standard InChI is InChI=1S/C22H25FN4O3.C7H17N.C4H10/c1-4-25-20-14-18(30-12-10-24-3)13-19(23)22(20)15(2)26-16-5-7-17(8-6-16)27-21(29)9-11-28;1-6(2)8(5)7(3)4;1-3-4-2/h4-8,11,13-14,24,26H,2,9-10,12H2,1,3H3,(H,27,29);6-7H,1-5H3;3-4H2,1-2H3. The number of ether oxygens (including phenoxy) is 1. The summed E-state index contributed by atoms with van der Waals surface area (Å²) in [6.07, 6.45) is 4.54. The minimum Gasteiger partial charge on any atom is -0.492 e. The van der Waals surface area contributed by atoms with Crippen LogP contribution in [-0.4, -0.2) is 62.6 Å². The van der Waals surface area contributed by atoms with Crippen molar-refractivity contribution in [2.24, 2.45) is 4.99 Å². The summed E-state index contributed by atoms with van der Waals surface area (Å²) < 4.78 is 20.4. The van der Waals surface area contributed by atoms with Crippen LogP contribution in [0.25, 0.3) is 5.70 Å². The number of benzene rings is 2. The summed E-state index contributed by atoms with van der Waals surface area (Å²) in [6.45, 7) is 19.9. The number of aldehydes is 1. The first kappa shape index (κ1) is 38.4. The quantitative estimate of drug-likeness (QED) is 0.0932. The number of hydrogen-bond donors (Lipinski definition) is 3. The maximum atomic E-state index is 14.8. The fourth-order valence-corrected chi connectivity index (χ4v) is 3.22. The first-order valence-corrected chi connectivity index (χ1v) is 14.6. The predicted octanol–water partition coefficient (Wildman–Crippen LogP) is 7.30. The summed E-state index contributed by atoms with van der Waals surface area (Å²) in [6, 6.07) is 11.1. The first-order valence-electron chi connectivity index (χ1n) is 14.6. The Labute approximate surface area is 252 Å². The lowest BCUT2D eigenvalue weighted by atomic mass is 10.1. The average molecular weight is 586 g/mol. The van der Waals surface area contributed by atoms with Gasteiger partial charge in [0.1, 0.15) is 24.5 Å². The van der Waals surface area contributed by atoms with E-state index in [1.807, 2.05) is 0 Å². The largest absolute Gasteiger partial charge is 0.492 e. The molecule has 0 radical (unpaired) electrons. The number of aliphatic imine (C=N–C) groups is 1. The van der Waals surface area contributed by atoms with Crippen LogP contribution in [0.5, 0.6) is 5.75 Å². The van der Waals surface area contributed by atoms with Crippen molar-refractivity contribution in [2.75, 3.05) is 37.9 Å². The van der Waals surface area contributed by atoms with Crippen LogP contribution in [0.3, 0.4) is 0 Å². The van der Waals surface area contributed by atoms with Gasteiger partial charge in [0.05, 0.1) is 17.7 Å². The molecule has 0 atom stereocenters. The smallest absolute Gasteiger partial charge is 0.231 e. The van der Waals surface area contributed by atoms with Crippen LogP contribution >= 0.6 is 0 Å². The van der Waals surface area contributed by atoms with Gasteiger partial charge in [0.25, 0.3) is 0 Å². The van der Waals surface area contributed by atoms with E-state index in [1.54, 1.807) is 50.5 Å². The van der Waals surface area contributed by atoms with Crippen LogP contribution in [0.1, 0.15) is 73.3 Å². The molecule has 0 aliphatic heterocycles. The molecule has 2 aromatic carbocycles. The number of nitrogens with zero attached hydrogens (tertiary/aromatic N) is 2. The number of carbonyl (C=O) groups is 2. The zero-order chi connectivity index (χ0) is 32.1. The Bertz CT molecular complexity index is 1090. The maximum Gasteiger partial charge on any atom is 0.231 e. The Hall–Kier alpha value is -3.56. The van der Waals surface area contributed by atoms with Gasteiger partial charge in [0.15, 0.2) is 0 Å². The monoisotopic (exact) mass is 585 g/mol. The predicted molar refractivity (Wildman–Crippen MR) is 177 cm³/mol. The average Bonchev–Trinajstić information content (AvgIpc) is 2.94. The van der Waals surface area contributed by atoms with Gasteiger partial charge in [-0.3, -0.25) is 9.79 Å². The molecule has 2 aromatic rings. The molecule has 9 heteroatoms. The number of nitrogens with one attached hydrogen (secondary N) is 3. The highest BCUT2D eigenvalue weighted by Crippen LogP contribution is 2.33. The number of amides is 1. The van der Waals surface area contributed by atoms with E-state index in [9.17, 15) is 14.0 Å². The van der Waals surface area contributed by atoms with Crippen LogP contribution < -0.4 is 20.7 Å². The number of hydrogen-bond acceptors (Lipinski definition) is 7. The summed E-state index contributed by atoms with van der Waals surface area (Å²) in [7, 11) is 3.95. The van der Waals surface area contributed by atoms with Crippen molar-refractivity contribution in [1.29, 1.82) is 0 Å². The third-order valence-corrected chi connectivity index (χ3v) is 6.10. The van der Waals surface area contributed by atoms with E-state index >= 15 is 0 Å². The normalized spacial score (nSPS) is 10.6. The van der Waals surface area contributed by atoms with Gasteiger partial charge >= 0.3 is 0 Å². The SMILES string of the molecule is C=C(Nc1ccc(NC(=O)CC=O)cc1)c1c(F)cc(OCCNC)cc1N=CC.CC(C)N(C)C(C)C.CCCC. The molecule has 0 fully saturated rings. The molecule has 0 aromatic heterocycles. The molecule has 0 spiro atoms. The zero-order valence-corrected chi connectivity index (χ0v) is 27.0. The topological polar surface area (TPSA) is 95.1 Å². The van der Waals surface area contributed by atoms with E-state index in [0.29, 0.717) is 60.0 Å². The molecule has 0 aliphatic carbocycles. The molecular weight excluding hydrogens is 533 g/mol. The number of halogens is 1. The number of likely N-dealkylation sites (N-methyl/N-ethyl adjacent to an activating group) is 1. The highest BCUT2D eigenvalue weighted by molar-refractivity contribution is 5.98. The summed E-state index contributed by atoms with van der Waals surface area (Å²) in [4.78, 5) is 28.4. The minimum atomic E-state index is -0.507. The van der Waals surface area contributed by atoms with Crippen LogP contribution in [0.2, 0.25) is 0 Å². The van der Waals surface area contributed by atoms with E-state index in [1.165, 1.54) is 18.9 Å². The molecule has 234 valence electrons. The molecule has 3 N–H and O–H groups in total. The van der Waals surface area contributed by atoms with Crippen LogP contribution in [0.4, 0.5) is 21.5 Å². The van der Waals surface area contributed by atoms with E-state index in [0.717, 1.165) is 0 Å². The van der Waals surface area contributed by atoms with Crippen molar-refractivity contribution >= 4 is 41.2 Å². The van der Waals surface area contributed by atoms with E-state index in [4.69, 9.17) is 4.74 Å². The van der Waals surface area contributed by atoms with Crippen molar-refractivity contribution in [3.05, 3.63) is 54.4 Å². The molecule has 42 heavy (non-hydrogen) atoms. The highest BCUT2D eigenvalue weighted by Gasteiger charge is 2.15. The number of anilines is 2. The van der Waals surface area contributed by atoms with Crippen molar-refractivity contribution in [1.82, 2.24) is 10.2 Å². The molecule has 0 saturated carbocycles. The van der Waals surface area contributed by atoms with E-state index < -0.39 is 11.7 Å². The Morgan fingerprint density at radius 3 is 2.02 bits per heavy atom. The Morgan fingerprint density at radius 1 is 1.05 bits per heavy atom. The highest BCUT2D eigenvalue weighted by atomic mass is 19.1. The van der Waals surface area contributed by atoms with Crippen LogP contribution in [0, 0.1) is 5.82 Å². The molecule has 1 amide bonds. The Morgan fingerprint density at radius 2 is 1.60 bits per heavy atom. The van der Waals surface area contributed by atoms with Gasteiger partial charge in [-0.15, -0.1) is 0 Å². The van der Waals surface area contributed by atoms with Crippen molar-refractivity contribution in [3.8, 4) is 5.75 Å². The third-order valence-electron chi connectivity index (χ3n) is 6.10. The summed E-state index contributed by atoms with van der Waals surface area (Å²) in [5.74, 6) is -0.514.